The van der Waals surface area contributed by atoms with Gasteiger partial charge in [-0.1, -0.05) is 24.3 Å². The number of ether oxygens (including phenoxy) is 1. The summed E-state index contributed by atoms with van der Waals surface area (Å²) in [5.74, 6) is 0.612. The van der Waals surface area contributed by atoms with Gasteiger partial charge in [0, 0.05) is 6.04 Å². The quantitative estimate of drug-likeness (QED) is 0.892. The summed E-state index contributed by atoms with van der Waals surface area (Å²) in [4.78, 5) is 0. The molecule has 19 heavy (non-hydrogen) atoms. The summed E-state index contributed by atoms with van der Waals surface area (Å²) < 4.78 is 18.5. The van der Waals surface area contributed by atoms with Gasteiger partial charge >= 0.3 is 0 Å². The Kier molecular flexibility index (Phi) is 4.53. The molecule has 0 heterocycles. The lowest BCUT2D eigenvalue weighted by molar-refractivity contribution is 0.340. The van der Waals surface area contributed by atoms with Gasteiger partial charge in [0.05, 0.1) is 6.61 Å². The van der Waals surface area contributed by atoms with Crippen LogP contribution in [0.2, 0.25) is 0 Å². The summed E-state index contributed by atoms with van der Waals surface area (Å²) in [7, 11) is 0. The topological polar surface area (TPSA) is 35.2 Å². The van der Waals surface area contributed by atoms with Crippen molar-refractivity contribution in [1.82, 2.24) is 0 Å². The summed E-state index contributed by atoms with van der Waals surface area (Å²) in [6.07, 6.45) is 0.617. The third kappa shape index (κ3) is 3.80. The maximum Gasteiger partial charge on any atom is 0.123 e. The normalized spacial score (nSPS) is 12.2. The second kappa shape index (κ2) is 6.34. The van der Waals surface area contributed by atoms with E-state index in [4.69, 9.17) is 10.5 Å². The molecule has 0 aliphatic heterocycles. The molecule has 0 aliphatic carbocycles. The third-order valence-electron chi connectivity index (χ3n) is 2.96. The first kappa shape index (κ1) is 13.6. The van der Waals surface area contributed by atoms with Crippen molar-refractivity contribution >= 4 is 0 Å². The Labute approximate surface area is 113 Å². The summed E-state index contributed by atoms with van der Waals surface area (Å²) in [6, 6.07) is 14.1. The highest BCUT2D eigenvalue weighted by Gasteiger charge is 2.08. The van der Waals surface area contributed by atoms with Crippen LogP contribution in [-0.4, -0.2) is 6.61 Å². The molecule has 1 unspecified atom stereocenters. The molecule has 2 rings (SSSR count). The molecule has 0 saturated carbocycles. The number of nitrogens with two attached hydrogens (primary N) is 1. The van der Waals surface area contributed by atoms with Gasteiger partial charge in [-0.2, -0.15) is 0 Å². The van der Waals surface area contributed by atoms with E-state index >= 15 is 0 Å². The van der Waals surface area contributed by atoms with Crippen LogP contribution in [0.25, 0.3) is 0 Å². The Morgan fingerprint density at radius 2 is 1.89 bits per heavy atom. The van der Waals surface area contributed by atoms with Gasteiger partial charge in [0.25, 0.3) is 0 Å². The minimum atomic E-state index is -0.226. The smallest absolute Gasteiger partial charge is 0.123 e. The minimum absolute atomic E-state index is 0.141. The van der Waals surface area contributed by atoms with Crippen LogP contribution in [-0.2, 0) is 6.42 Å². The third-order valence-corrected chi connectivity index (χ3v) is 2.96. The molecule has 0 aromatic heterocycles. The molecule has 0 saturated heterocycles. The van der Waals surface area contributed by atoms with E-state index in [1.54, 1.807) is 6.07 Å². The van der Waals surface area contributed by atoms with Gasteiger partial charge in [-0.25, -0.2) is 4.39 Å². The van der Waals surface area contributed by atoms with Crippen molar-refractivity contribution in [2.45, 2.75) is 19.4 Å². The van der Waals surface area contributed by atoms with Gasteiger partial charge < -0.3 is 10.5 Å². The van der Waals surface area contributed by atoms with E-state index in [0.29, 0.717) is 13.0 Å². The van der Waals surface area contributed by atoms with Crippen LogP contribution >= 0.6 is 0 Å². The fourth-order valence-corrected chi connectivity index (χ4v) is 2.01. The molecule has 2 N–H and O–H groups in total. The first-order valence-corrected chi connectivity index (χ1v) is 6.42. The number of hydrogen-bond donors (Lipinski definition) is 1. The molecular weight excluding hydrogens is 241 g/mol. The van der Waals surface area contributed by atoms with E-state index in [-0.39, 0.29) is 11.9 Å². The van der Waals surface area contributed by atoms with Crippen LogP contribution in [0.3, 0.4) is 0 Å². The molecule has 0 fully saturated rings. The number of rotatable bonds is 5. The number of benzene rings is 2. The summed E-state index contributed by atoms with van der Waals surface area (Å²) in [5.41, 5.74) is 8.06. The lowest BCUT2D eigenvalue weighted by atomic mass is 9.99. The van der Waals surface area contributed by atoms with Crippen molar-refractivity contribution in [3.8, 4) is 5.75 Å². The Balaban J connectivity index is 2.05. The molecule has 3 heteroatoms. The molecule has 0 bridgehead atoms. The van der Waals surface area contributed by atoms with Crippen molar-refractivity contribution < 1.29 is 9.13 Å². The van der Waals surface area contributed by atoms with E-state index in [2.05, 4.69) is 0 Å². The fourth-order valence-electron chi connectivity index (χ4n) is 2.01. The van der Waals surface area contributed by atoms with Gasteiger partial charge in [0.1, 0.15) is 11.6 Å². The molecule has 0 amide bonds. The summed E-state index contributed by atoms with van der Waals surface area (Å²) in [5, 5.41) is 0. The van der Waals surface area contributed by atoms with E-state index in [0.717, 1.165) is 16.9 Å². The van der Waals surface area contributed by atoms with Crippen LogP contribution < -0.4 is 10.5 Å². The number of halogens is 1. The average Bonchev–Trinajstić information content (AvgIpc) is 2.40. The van der Waals surface area contributed by atoms with Gasteiger partial charge in [-0.05, 0) is 48.7 Å². The van der Waals surface area contributed by atoms with Crippen LogP contribution in [0, 0.1) is 5.82 Å². The predicted octanol–water partition coefficient (Wildman–Crippen LogP) is 3.47. The van der Waals surface area contributed by atoms with Gasteiger partial charge in [0.15, 0.2) is 0 Å². The first-order chi connectivity index (χ1) is 9.19. The molecule has 2 aromatic carbocycles. The molecule has 1 atom stereocenters. The second-order valence-electron chi connectivity index (χ2n) is 4.44. The summed E-state index contributed by atoms with van der Waals surface area (Å²) >= 11 is 0. The number of hydrogen-bond acceptors (Lipinski definition) is 2. The highest BCUT2D eigenvalue weighted by molar-refractivity contribution is 5.30. The molecule has 2 aromatic rings. The Morgan fingerprint density at radius 3 is 2.53 bits per heavy atom. The van der Waals surface area contributed by atoms with E-state index in [1.807, 2.05) is 37.3 Å². The van der Waals surface area contributed by atoms with Crippen molar-refractivity contribution in [3.05, 3.63) is 65.5 Å². The highest BCUT2D eigenvalue weighted by Crippen LogP contribution is 2.20. The Morgan fingerprint density at radius 1 is 1.16 bits per heavy atom. The fraction of sp³-hybridized carbons (Fsp3) is 0.250. The van der Waals surface area contributed by atoms with E-state index in [1.165, 1.54) is 12.1 Å². The summed E-state index contributed by atoms with van der Waals surface area (Å²) in [6.45, 7) is 2.60. The Hall–Kier alpha value is -1.87. The zero-order chi connectivity index (χ0) is 13.7. The second-order valence-corrected chi connectivity index (χ2v) is 4.44. The average molecular weight is 259 g/mol. The zero-order valence-corrected chi connectivity index (χ0v) is 11.0. The van der Waals surface area contributed by atoms with Crippen molar-refractivity contribution in [2.75, 3.05) is 6.61 Å². The maximum atomic E-state index is 13.1. The van der Waals surface area contributed by atoms with Gasteiger partial charge in [-0.15, -0.1) is 0 Å². The molecule has 100 valence electrons. The predicted molar refractivity (Wildman–Crippen MR) is 74.6 cm³/mol. The molecule has 0 radical (unpaired) electrons. The van der Waals surface area contributed by atoms with Crippen LogP contribution in [0.15, 0.2) is 48.5 Å². The van der Waals surface area contributed by atoms with Crippen molar-refractivity contribution in [1.29, 1.82) is 0 Å². The minimum Gasteiger partial charge on any atom is -0.494 e. The molecular formula is C16H18FNO. The molecule has 2 nitrogen and oxygen atoms in total. The van der Waals surface area contributed by atoms with Crippen LogP contribution in [0.5, 0.6) is 5.75 Å². The van der Waals surface area contributed by atoms with Gasteiger partial charge in [-0.3, -0.25) is 0 Å². The van der Waals surface area contributed by atoms with Crippen LogP contribution in [0.1, 0.15) is 24.1 Å². The van der Waals surface area contributed by atoms with E-state index < -0.39 is 0 Å². The van der Waals surface area contributed by atoms with Crippen molar-refractivity contribution in [3.63, 3.8) is 0 Å². The lowest BCUT2D eigenvalue weighted by Crippen LogP contribution is -2.13. The largest absolute Gasteiger partial charge is 0.494 e. The lowest BCUT2D eigenvalue weighted by Gasteiger charge is -2.13. The highest BCUT2D eigenvalue weighted by atomic mass is 19.1. The van der Waals surface area contributed by atoms with Gasteiger partial charge in [0.2, 0.25) is 0 Å². The van der Waals surface area contributed by atoms with Crippen LogP contribution in [0.4, 0.5) is 4.39 Å². The zero-order valence-electron chi connectivity index (χ0n) is 11.0. The monoisotopic (exact) mass is 259 g/mol. The Bertz CT molecular complexity index is 525. The molecule has 0 spiro atoms. The molecule has 0 aliphatic rings. The van der Waals surface area contributed by atoms with E-state index in [9.17, 15) is 4.39 Å². The van der Waals surface area contributed by atoms with Crippen molar-refractivity contribution in [2.24, 2.45) is 5.73 Å². The maximum absolute atomic E-state index is 13.1. The first-order valence-electron chi connectivity index (χ1n) is 6.42. The SMILES string of the molecule is CCOc1ccc(C(N)Cc2cccc(F)c2)cc1. The standard InChI is InChI=1S/C16H18FNO/c1-2-19-15-8-6-13(7-9-15)16(18)11-12-4-3-5-14(17)10-12/h3-10,16H,2,11,18H2,1H3.